The number of ether oxygens (including phenoxy) is 2. The molecule has 2 atom stereocenters. The zero-order valence-corrected chi connectivity index (χ0v) is 49.1. The minimum atomic E-state index is -4.38. The lowest BCUT2D eigenvalue weighted by Crippen LogP contribution is -2.29. The summed E-state index contributed by atoms with van der Waals surface area (Å²) in [7, 11) is -4.38. The van der Waals surface area contributed by atoms with E-state index in [4.69, 9.17) is 24.3 Å². The molecule has 3 N–H and O–H groups in total. The largest absolute Gasteiger partial charge is 0.472 e. The van der Waals surface area contributed by atoms with Gasteiger partial charge in [0.15, 0.2) is 6.10 Å². The van der Waals surface area contributed by atoms with Crippen LogP contribution in [0.25, 0.3) is 0 Å². The summed E-state index contributed by atoms with van der Waals surface area (Å²) in [6, 6.07) is 0. The van der Waals surface area contributed by atoms with Gasteiger partial charge >= 0.3 is 19.8 Å². The van der Waals surface area contributed by atoms with Gasteiger partial charge in [-0.2, -0.15) is 0 Å². The summed E-state index contributed by atoms with van der Waals surface area (Å²) in [5.41, 5.74) is 5.39. The smallest absolute Gasteiger partial charge is 0.462 e. The molecule has 0 rings (SSSR count). The minimum absolute atomic E-state index is 0.0586. The molecule has 0 amide bonds. The summed E-state index contributed by atoms with van der Waals surface area (Å²) in [4.78, 5) is 35.2. The van der Waals surface area contributed by atoms with Crippen molar-refractivity contribution in [3.05, 3.63) is 0 Å². The van der Waals surface area contributed by atoms with Gasteiger partial charge in [0.05, 0.1) is 13.2 Å². The fourth-order valence-electron chi connectivity index (χ4n) is 10.00. The Kier molecular flexibility index (Phi) is 58.4. The number of carbonyl (C=O) groups is 2. The summed E-state index contributed by atoms with van der Waals surface area (Å²) < 4.78 is 33.1. The lowest BCUT2D eigenvalue weighted by Gasteiger charge is -2.19. The Bertz CT molecular complexity index is 1140. The van der Waals surface area contributed by atoms with Crippen LogP contribution in [0, 0.1) is 0 Å². The molecule has 0 bridgehead atoms. The topological polar surface area (TPSA) is 134 Å². The average molecular weight is 1040 g/mol. The van der Waals surface area contributed by atoms with E-state index in [2.05, 4.69) is 13.8 Å². The highest BCUT2D eigenvalue weighted by Gasteiger charge is 2.26. The number of phosphoric ester groups is 1. The molecule has 0 aliphatic rings. The molecule has 0 fully saturated rings. The molecule has 0 radical (unpaired) electrons. The maximum absolute atomic E-state index is 12.7. The van der Waals surface area contributed by atoms with Crippen molar-refractivity contribution in [1.82, 2.24) is 0 Å². The Balaban J connectivity index is 3.77. The van der Waals surface area contributed by atoms with Crippen LogP contribution in [0.15, 0.2) is 0 Å². The first-order valence-corrected chi connectivity index (χ1v) is 33.5. The third-order valence-corrected chi connectivity index (χ3v) is 15.7. The summed E-state index contributed by atoms with van der Waals surface area (Å²) >= 11 is 0. The second-order valence-electron chi connectivity index (χ2n) is 22.0. The van der Waals surface area contributed by atoms with Crippen LogP contribution in [0.5, 0.6) is 0 Å². The van der Waals surface area contributed by atoms with Crippen LogP contribution in [0.4, 0.5) is 0 Å². The van der Waals surface area contributed by atoms with Crippen molar-refractivity contribution in [2.75, 3.05) is 26.4 Å². The van der Waals surface area contributed by atoms with E-state index in [1.165, 1.54) is 289 Å². The third kappa shape index (κ3) is 58.3. The number of unbranched alkanes of at least 4 members (excludes halogenated alkanes) is 49. The second-order valence-corrected chi connectivity index (χ2v) is 23.5. The van der Waals surface area contributed by atoms with Crippen LogP contribution in [-0.4, -0.2) is 49.3 Å². The maximum Gasteiger partial charge on any atom is 0.472 e. The van der Waals surface area contributed by atoms with E-state index in [0.717, 1.165) is 32.1 Å². The second kappa shape index (κ2) is 59.3. The van der Waals surface area contributed by atoms with Crippen LogP contribution >= 0.6 is 7.82 Å². The maximum atomic E-state index is 12.7. The van der Waals surface area contributed by atoms with E-state index >= 15 is 0 Å². The highest BCUT2D eigenvalue weighted by molar-refractivity contribution is 7.47. The average Bonchev–Trinajstić information content (AvgIpc) is 3.37. The van der Waals surface area contributed by atoms with Crippen LogP contribution in [0.1, 0.15) is 354 Å². The van der Waals surface area contributed by atoms with Crippen LogP contribution in [0.2, 0.25) is 0 Å². The predicted molar refractivity (Wildman–Crippen MR) is 308 cm³/mol. The molecule has 430 valence electrons. The van der Waals surface area contributed by atoms with Gasteiger partial charge in [0.2, 0.25) is 0 Å². The van der Waals surface area contributed by atoms with E-state index in [1.54, 1.807) is 0 Å². The summed E-state index contributed by atoms with van der Waals surface area (Å²) in [6.07, 6.45) is 67.7. The summed E-state index contributed by atoms with van der Waals surface area (Å²) in [6.45, 7) is 3.83. The number of phosphoric acid groups is 1. The van der Waals surface area contributed by atoms with Gasteiger partial charge in [-0.05, 0) is 12.8 Å². The fraction of sp³-hybridized carbons (Fsp3) is 0.968. The van der Waals surface area contributed by atoms with Crippen molar-refractivity contribution in [2.24, 2.45) is 5.73 Å². The molecule has 0 aromatic heterocycles. The molecule has 10 heteroatoms. The SMILES string of the molecule is CCCCCCCCCCCCCCCCCCCCCCCCCCCCCCCCCCCCC(=O)OC(COC(=O)CCCCCCCCCCCCCCCCCCC)COP(=O)(O)OCCN. The number of esters is 2. The van der Waals surface area contributed by atoms with E-state index < -0.39 is 26.5 Å². The minimum Gasteiger partial charge on any atom is -0.462 e. The van der Waals surface area contributed by atoms with E-state index in [0.29, 0.717) is 6.42 Å². The quantitative estimate of drug-likeness (QED) is 0.0347. The first-order chi connectivity index (χ1) is 35.3. The van der Waals surface area contributed by atoms with Crippen molar-refractivity contribution in [3.8, 4) is 0 Å². The Hall–Kier alpha value is -0.990. The number of nitrogens with two attached hydrogens (primary N) is 1. The van der Waals surface area contributed by atoms with Crippen molar-refractivity contribution < 1.29 is 37.6 Å². The van der Waals surface area contributed by atoms with E-state index in [1.807, 2.05) is 0 Å². The molecule has 0 heterocycles. The molecule has 0 aliphatic carbocycles. The lowest BCUT2D eigenvalue weighted by atomic mass is 10.0. The molecule has 0 saturated carbocycles. The Morgan fingerprint density at radius 1 is 0.361 bits per heavy atom. The van der Waals surface area contributed by atoms with Gasteiger partial charge in [0, 0.05) is 19.4 Å². The summed E-state index contributed by atoms with van der Waals surface area (Å²) in [5.74, 6) is -0.801. The van der Waals surface area contributed by atoms with Crippen molar-refractivity contribution in [3.63, 3.8) is 0 Å². The number of hydrogen-bond acceptors (Lipinski definition) is 8. The Labute approximate surface area is 447 Å². The van der Waals surface area contributed by atoms with Gasteiger partial charge in [-0.15, -0.1) is 0 Å². The third-order valence-electron chi connectivity index (χ3n) is 14.7. The Morgan fingerprint density at radius 2 is 0.597 bits per heavy atom. The zero-order chi connectivity index (χ0) is 52.4. The standard InChI is InChI=1S/C62H124NO8P/c1-3-5-7-9-11-13-15-17-19-21-22-23-24-25-26-27-28-29-30-31-32-33-34-35-36-37-39-41-43-45-47-49-51-53-55-62(65)71-60(59-70-72(66,67)69-57-56-63)58-68-61(64)54-52-50-48-46-44-42-40-38-20-18-16-14-12-10-8-6-4-2/h60H,3-59,63H2,1-2H3,(H,66,67). The first kappa shape index (κ1) is 71.0. The number of hydrogen-bond donors (Lipinski definition) is 2. The summed E-state index contributed by atoms with van der Waals surface area (Å²) in [5, 5.41) is 0. The van der Waals surface area contributed by atoms with Crippen LogP contribution in [0.3, 0.4) is 0 Å². The monoisotopic (exact) mass is 1040 g/mol. The van der Waals surface area contributed by atoms with Gasteiger partial charge < -0.3 is 20.1 Å². The first-order valence-electron chi connectivity index (χ1n) is 32.0. The van der Waals surface area contributed by atoms with Gasteiger partial charge in [-0.1, -0.05) is 328 Å². The molecule has 0 aromatic rings. The normalized spacial score (nSPS) is 12.9. The lowest BCUT2D eigenvalue weighted by molar-refractivity contribution is -0.161. The van der Waals surface area contributed by atoms with Crippen LogP contribution < -0.4 is 5.73 Å². The highest BCUT2D eigenvalue weighted by atomic mass is 31.2. The number of carbonyl (C=O) groups excluding carboxylic acids is 2. The fourth-order valence-corrected chi connectivity index (χ4v) is 10.8. The van der Waals surface area contributed by atoms with Crippen molar-refractivity contribution >= 4 is 19.8 Å². The molecular formula is C62H124NO8P. The van der Waals surface area contributed by atoms with E-state index in [9.17, 15) is 19.0 Å². The highest BCUT2D eigenvalue weighted by Crippen LogP contribution is 2.43. The predicted octanol–water partition coefficient (Wildman–Crippen LogP) is 20.2. The van der Waals surface area contributed by atoms with Gasteiger partial charge in [-0.3, -0.25) is 18.6 Å². The van der Waals surface area contributed by atoms with Gasteiger partial charge in [-0.25, -0.2) is 4.57 Å². The molecule has 9 nitrogen and oxygen atoms in total. The van der Waals surface area contributed by atoms with Crippen molar-refractivity contribution in [2.45, 2.75) is 360 Å². The molecule has 2 unspecified atom stereocenters. The number of rotatable bonds is 62. The van der Waals surface area contributed by atoms with Gasteiger partial charge in [0.1, 0.15) is 6.61 Å². The van der Waals surface area contributed by atoms with E-state index in [-0.39, 0.29) is 38.6 Å². The molecule has 0 aliphatic heterocycles. The molecule has 0 spiro atoms. The van der Waals surface area contributed by atoms with Crippen molar-refractivity contribution in [1.29, 1.82) is 0 Å². The molecule has 0 aromatic carbocycles. The molecule has 72 heavy (non-hydrogen) atoms. The Morgan fingerprint density at radius 3 is 0.847 bits per heavy atom. The van der Waals surface area contributed by atoms with Gasteiger partial charge in [0.25, 0.3) is 0 Å². The zero-order valence-electron chi connectivity index (χ0n) is 48.2. The van der Waals surface area contributed by atoms with Crippen LogP contribution in [-0.2, 0) is 32.7 Å². The molecular weight excluding hydrogens is 918 g/mol. The molecule has 0 saturated heterocycles.